The molecule has 0 aliphatic carbocycles. The van der Waals surface area contributed by atoms with Gasteiger partial charge in [-0.25, -0.2) is 9.59 Å². The Balaban J connectivity index is 1.61. The maximum absolute atomic E-state index is 12.6. The summed E-state index contributed by atoms with van der Waals surface area (Å²) >= 11 is 0. The third-order valence-electron chi connectivity index (χ3n) is 4.97. The van der Waals surface area contributed by atoms with Crippen molar-refractivity contribution in [2.75, 3.05) is 6.54 Å². The van der Waals surface area contributed by atoms with Crippen LogP contribution in [0.15, 0.2) is 54.6 Å². The molecule has 1 amide bonds. The molecule has 152 valence electrons. The fourth-order valence-electron chi connectivity index (χ4n) is 3.47. The second kappa shape index (κ2) is 9.34. The molecule has 1 saturated heterocycles. The molecule has 2 atom stereocenters. The van der Waals surface area contributed by atoms with Gasteiger partial charge in [0.05, 0.1) is 11.6 Å². The van der Waals surface area contributed by atoms with E-state index in [0.717, 1.165) is 5.56 Å². The number of rotatable bonds is 7. The summed E-state index contributed by atoms with van der Waals surface area (Å²) in [6, 6.07) is 14.5. The van der Waals surface area contributed by atoms with Crippen molar-refractivity contribution in [1.29, 1.82) is 0 Å². The molecule has 1 heterocycles. The zero-order chi connectivity index (χ0) is 20.8. The lowest BCUT2D eigenvalue weighted by atomic mass is 10.0. The van der Waals surface area contributed by atoms with E-state index in [1.165, 1.54) is 4.90 Å². The van der Waals surface area contributed by atoms with Crippen LogP contribution in [0.3, 0.4) is 0 Å². The third-order valence-corrected chi connectivity index (χ3v) is 4.97. The molecule has 2 aromatic rings. The van der Waals surface area contributed by atoms with E-state index < -0.39 is 24.0 Å². The molecule has 1 aliphatic heterocycles. The topological polar surface area (TPSA) is 110 Å². The van der Waals surface area contributed by atoms with Gasteiger partial charge in [-0.1, -0.05) is 42.5 Å². The van der Waals surface area contributed by atoms with Crippen molar-refractivity contribution in [1.82, 2.24) is 4.90 Å². The summed E-state index contributed by atoms with van der Waals surface area (Å²) in [5, 5.41) is 9.25. The summed E-state index contributed by atoms with van der Waals surface area (Å²) < 4.78 is 5.33. The second-order valence-electron chi connectivity index (χ2n) is 7.10. The van der Waals surface area contributed by atoms with Gasteiger partial charge in [0.2, 0.25) is 5.91 Å². The van der Waals surface area contributed by atoms with E-state index in [2.05, 4.69) is 0 Å². The van der Waals surface area contributed by atoms with Gasteiger partial charge in [-0.3, -0.25) is 4.79 Å². The van der Waals surface area contributed by atoms with Gasteiger partial charge >= 0.3 is 11.9 Å². The molecule has 29 heavy (non-hydrogen) atoms. The van der Waals surface area contributed by atoms with Gasteiger partial charge in [-0.2, -0.15) is 0 Å². The van der Waals surface area contributed by atoms with Gasteiger partial charge in [0.15, 0.2) is 0 Å². The normalized spacial score (nSPS) is 17.0. The standard InChI is InChI=1S/C22H24N2O5/c23-18(20(25)24-11-5-10-19(24)21(26)27)13-16-8-4-9-17(12-16)22(28)29-14-15-6-2-1-3-7-15/h1-4,6-9,12,18-19H,5,10-11,13-14,23H2,(H,26,27)/t18-,19+/m1/s1. The van der Waals surface area contributed by atoms with Crippen LogP contribution in [-0.2, 0) is 27.4 Å². The van der Waals surface area contributed by atoms with Crippen LogP contribution in [0.4, 0.5) is 0 Å². The first-order chi connectivity index (χ1) is 14.0. The maximum atomic E-state index is 12.6. The summed E-state index contributed by atoms with van der Waals surface area (Å²) in [7, 11) is 0. The number of carbonyl (C=O) groups is 3. The highest BCUT2D eigenvalue weighted by Crippen LogP contribution is 2.19. The van der Waals surface area contributed by atoms with Crippen molar-refractivity contribution in [2.24, 2.45) is 5.73 Å². The first-order valence-corrected chi connectivity index (χ1v) is 9.54. The molecule has 0 bridgehead atoms. The van der Waals surface area contributed by atoms with E-state index in [-0.39, 0.29) is 18.9 Å². The second-order valence-corrected chi connectivity index (χ2v) is 7.10. The zero-order valence-corrected chi connectivity index (χ0v) is 16.0. The minimum absolute atomic E-state index is 0.174. The predicted octanol–water partition coefficient (Wildman–Crippen LogP) is 1.99. The number of aliphatic carboxylic acids is 1. The molecule has 3 N–H and O–H groups in total. The molecule has 2 aromatic carbocycles. The number of nitrogens with zero attached hydrogens (tertiary/aromatic N) is 1. The van der Waals surface area contributed by atoms with Crippen LogP contribution in [0.2, 0.25) is 0 Å². The van der Waals surface area contributed by atoms with Crippen molar-refractivity contribution in [3.63, 3.8) is 0 Å². The number of carboxylic acid groups (broad SMARTS) is 1. The molecular formula is C22H24N2O5. The Morgan fingerprint density at radius 1 is 1.10 bits per heavy atom. The van der Waals surface area contributed by atoms with Crippen molar-refractivity contribution in [2.45, 2.75) is 38.0 Å². The minimum atomic E-state index is -1.01. The van der Waals surface area contributed by atoms with E-state index in [1.807, 2.05) is 30.3 Å². The van der Waals surface area contributed by atoms with E-state index >= 15 is 0 Å². The molecule has 0 unspecified atom stereocenters. The molecule has 0 radical (unpaired) electrons. The molecular weight excluding hydrogens is 372 g/mol. The van der Waals surface area contributed by atoms with Gasteiger partial charge < -0.3 is 20.5 Å². The molecule has 1 aliphatic rings. The van der Waals surface area contributed by atoms with Crippen LogP contribution in [0.25, 0.3) is 0 Å². The molecule has 7 nitrogen and oxygen atoms in total. The first-order valence-electron chi connectivity index (χ1n) is 9.54. The largest absolute Gasteiger partial charge is 0.480 e. The number of amides is 1. The Kier molecular flexibility index (Phi) is 6.61. The highest BCUT2D eigenvalue weighted by Gasteiger charge is 2.36. The molecule has 0 aromatic heterocycles. The summed E-state index contributed by atoms with van der Waals surface area (Å²) in [6.07, 6.45) is 1.30. The van der Waals surface area contributed by atoms with Crippen LogP contribution in [-0.4, -0.2) is 46.5 Å². The predicted molar refractivity (Wildman–Crippen MR) is 106 cm³/mol. The Bertz CT molecular complexity index is 884. The number of likely N-dealkylation sites (tertiary alicyclic amines) is 1. The lowest BCUT2D eigenvalue weighted by Crippen LogP contribution is -2.49. The van der Waals surface area contributed by atoms with Crippen molar-refractivity contribution in [3.8, 4) is 0 Å². The van der Waals surface area contributed by atoms with Crippen LogP contribution < -0.4 is 5.73 Å². The Hall–Kier alpha value is -3.19. The summed E-state index contributed by atoms with van der Waals surface area (Å²) in [5.74, 6) is -1.85. The van der Waals surface area contributed by atoms with Crippen molar-refractivity contribution < 1.29 is 24.2 Å². The average Bonchev–Trinajstić information content (AvgIpc) is 3.22. The number of carboxylic acids is 1. The van der Waals surface area contributed by atoms with Crippen LogP contribution in [0.5, 0.6) is 0 Å². The summed E-state index contributed by atoms with van der Waals surface area (Å²) in [6.45, 7) is 0.572. The monoisotopic (exact) mass is 396 g/mol. The fourth-order valence-corrected chi connectivity index (χ4v) is 3.47. The van der Waals surface area contributed by atoms with E-state index in [0.29, 0.717) is 30.5 Å². The average molecular weight is 396 g/mol. The van der Waals surface area contributed by atoms with Crippen LogP contribution in [0, 0.1) is 0 Å². The number of hydrogen-bond acceptors (Lipinski definition) is 5. The van der Waals surface area contributed by atoms with E-state index in [1.54, 1.807) is 24.3 Å². The van der Waals surface area contributed by atoms with E-state index in [4.69, 9.17) is 10.5 Å². The van der Waals surface area contributed by atoms with Gasteiger partial charge in [-0.15, -0.1) is 0 Å². The first kappa shape index (κ1) is 20.5. The quantitative estimate of drug-likeness (QED) is 0.693. The highest BCUT2D eigenvalue weighted by atomic mass is 16.5. The molecule has 7 heteroatoms. The van der Waals surface area contributed by atoms with Crippen molar-refractivity contribution in [3.05, 3.63) is 71.3 Å². The van der Waals surface area contributed by atoms with Crippen molar-refractivity contribution >= 4 is 17.8 Å². The number of ether oxygens (including phenoxy) is 1. The third kappa shape index (κ3) is 5.20. The molecule has 0 saturated carbocycles. The Morgan fingerprint density at radius 2 is 1.83 bits per heavy atom. The van der Waals surface area contributed by atoms with Gasteiger partial charge in [0, 0.05) is 6.54 Å². The minimum Gasteiger partial charge on any atom is -0.480 e. The number of esters is 1. The molecule has 3 rings (SSSR count). The SMILES string of the molecule is N[C@H](Cc1cccc(C(=O)OCc2ccccc2)c1)C(=O)N1CCC[C@H]1C(=O)O. The number of benzene rings is 2. The Labute approximate surface area is 169 Å². The van der Waals surface area contributed by atoms with E-state index in [9.17, 15) is 19.5 Å². The summed E-state index contributed by atoms with van der Waals surface area (Å²) in [5.41, 5.74) is 8.04. The maximum Gasteiger partial charge on any atom is 0.338 e. The van der Waals surface area contributed by atoms with Gasteiger partial charge in [0.25, 0.3) is 0 Å². The van der Waals surface area contributed by atoms with Crippen LogP contribution in [0.1, 0.15) is 34.3 Å². The Morgan fingerprint density at radius 3 is 2.55 bits per heavy atom. The fraction of sp³-hybridized carbons (Fsp3) is 0.318. The smallest absolute Gasteiger partial charge is 0.338 e. The van der Waals surface area contributed by atoms with Gasteiger partial charge in [-0.05, 0) is 42.5 Å². The lowest BCUT2D eigenvalue weighted by Gasteiger charge is -2.24. The highest BCUT2D eigenvalue weighted by molar-refractivity contribution is 5.90. The van der Waals surface area contributed by atoms with Crippen LogP contribution >= 0.6 is 0 Å². The number of nitrogens with two attached hydrogens (primary N) is 1. The number of hydrogen-bond donors (Lipinski definition) is 2. The number of carbonyl (C=O) groups excluding carboxylic acids is 2. The molecule has 0 spiro atoms. The zero-order valence-electron chi connectivity index (χ0n) is 16.0. The lowest BCUT2D eigenvalue weighted by molar-refractivity contribution is -0.148. The molecule has 1 fully saturated rings. The summed E-state index contributed by atoms with van der Waals surface area (Å²) in [4.78, 5) is 37.5. The van der Waals surface area contributed by atoms with Gasteiger partial charge in [0.1, 0.15) is 12.6 Å².